The number of hydrogen-bond acceptors (Lipinski definition) is 3. The van der Waals surface area contributed by atoms with Gasteiger partial charge < -0.3 is 5.11 Å². The lowest BCUT2D eigenvalue weighted by Gasteiger charge is -2.34. The molecule has 0 aromatic heterocycles. The number of piperidine rings is 1. The topological polar surface area (TPSA) is 57.6 Å². The van der Waals surface area contributed by atoms with Crippen LogP contribution in [-0.4, -0.2) is 43.4 Å². The fourth-order valence-electron chi connectivity index (χ4n) is 2.31. The summed E-state index contributed by atoms with van der Waals surface area (Å²) in [5, 5.41) is 9.61. The third-order valence-electron chi connectivity index (χ3n) is 3.44. The zero-order valence-electron chi connectivity index (χ0n) is 11.0. The highest BCUT2D eigenvalue weighted by molar-refractivity contribution is 7.89. The molecule has 1 aliphatic rings. The first-order chi connectivity index (χ1) is 9.30. The van der Waals surface area contributed by atoms with E-state index in [1.54, 1.807) is 12.1 Å². The van der Waals surface area contributed by atoms with Gasteiger partial charge in [0.2, 0.25) is 16.4 Å². The summed E-state index contributed by atoms with van der Waals surface area (Å²) >= 11 is 0. The maximum atomic E-state index is 12.8. The third-order valence-corrected chi connectivity index (χ3v) is 5.29. The van der Waals surface area contributed by atoms with Gasteiger partial charge in [-0.25, -0.2) is 17.2 Å². The minimum absolute atomic E-state index is 0.0604. The Hall–Kier alpha value is -1.05. The van der Waals surface area contributed by atoms with E-state index < -0.39 is 28.5 Å². The van der Waals surface area contributed by atoms with Gasteiger partial charge in [0, 0.05) is 19.0 Å². The van der Waals surface area contributed by atoms with Gasteiger partial charge in [0.25, 0.3) is 0 Å². The Kier molecular flexibility index (Phi) is 4.41. The molecule has 0 radical (unpaired) electrons. The standard InChI is InChI=1S/C13H17F2NO3S/c1-9-2-4-12(5-3-9)20(18,19)16-7-10(13(14)15)6-11(17)8-16/h2-5,10-11,13,17H,6-8H2,1H3/t10-,11+/m1/s1. The summed E-state index contributed by atoms with van der Waals surface area (Å²) in [6, 6.07) is 6.20. The van der Waals surface area contributed by atoms with E-state index in [2.05, 4.69) is 0 Å². The van der Waals surface area contributed by atoms with Gasteiger partial charge in [-0.05, 0) is 25.5 Å². The molecule has 2 atom stereocenters. The van der Waals surface area contributed by atoms with E-state index in [0.717, 1.165) is 9.87 Å². The predicted octanol–water partition coefficient (Wildman–Crippen LogP) is 1.63. The molecule has 1 aromatic carbocycles. The number of sulfonamides is 1. The highest BCUT2D eigenvalue weighted by Crippen LogP contribution is 2.27. The summed E-state index contributed by atoms with van der Waals surface area (Å²) in [5.74, 6) is -1.13. The van der Waals surface area contributed by atoms with Crippen molar-refractivity contribution in [2.75, 3.05) is 13.1 Å². The maximum Gasteiger partial charge on any atom is 0.243 e. The predicted molar refractivity (Wildman–Crippen MR) is 70.1 cm³/mol. The van der Waals surface area contributed by atoms with Crippen LogP contribution >= 0.6 is 0 Å². The fraction of sp³-hybridized carbons (Fsp3) is 0.538. The first-order valence-electron chi connectivity index (χ1n) is 6.33. The van der Waals surface area contributed by atoms with Gasteiger partial charge in [-0.15, -0.1) is 0 Å². The molecule has 0 spiro atoms. The second-order valence-electron chi connectivity index (χ2n) is 5.12. The first kappa shape index (κ1) is 15.3. The molecule has 7 heteroatoms. The molecule has 1 aromatic rings. The lowest BCUT2D eigenvalue weighted by Crippen LogP contribution is -2.47. The summed E-state index contributed by atoms with van der Waals surface area (Å²) in [5.41, 5.74) is 0.910. The second kappa shape index (κ2) is 5.75. The van der Waals surface area contributed by atoms with Crippen LogP contribution in [0.15, 0.2) is 29.2 Å². The average Bonchev–Trinajstić information content (AvgIpc) is 2.38. The van der Waals surface area contributed by atoms with Crippen LogP contribution in [0.25, 0.3) is 0 Å². The molecule has 4 nitrogen and oxygen atoms in total. The Bertz CT molecular complexity index is 559. The molecule has 0 aliphatic carbocycles. The number of halogens is 2. The molecule has 1 N–H and O–H groups in total. The van der Waals surface area contributed by atoms with Crippen molar-refractivity contribution in [2.45, 2.75) is 30.8 Å². The molecule has 0 amide bonds. The van der Waals surface area contributed by atoms with Crippen LogP contribution < -0.4 is 0 Å². The van der Waals surface area contributed by atoms with Crippen molar-refractivity contribution >= 4 is 10.0 Å². The number of aryl methyl sites for hydroxylation is 1. The molecular weight excluding hydrogens is 288 g/mol. The van der Waals surface area contributed by atoms with Gasteiger partial charge >= 0.3 is 0 Å². The van der Waals surface area contributed by atoms with Crippen molar-refractivity contribution < 1.29 is 22.3 Å². The van der Waals surface area contributed by atoms with Gasteiger partial charge in [-0.3, -0.25) is 0 Å². The highest BCUT2D eigenvalue weighted by Gasteiger charge is 2.37. The van der Waals surface area contributed by atoms with Crippen LogP contribution in [0, 0.1) is 12.8 Å². The summed E-state index contributed by atoms with van der Waals surface area (Å²) < 4.78 is 51.3. The molecular formula is C13H17F2NO3S. The van der Waals surface area contributed by atoms with Crippen molar-refractivity contribution in [1.29, 1.82) is 0 Å². The Balaban J connectivity index is 2.26. The number of alkyl halides is 2. The largest absolute Gasteiger partial charge is 0.392 e. The average molecular weight is 305 g/mol. The lowest BCUT2D eigenvalue weighted by molar-refractivity contribution is -0.00253. The minimum Gasteiger partial charge on any atom is -0.392 e. The van der Waals surface area contributed by atoms with Gasteiger partial charge in [0.1, 0.15) is 0 Å². The van der Waals surface area contributed by atoms with Crippen molar-refractivity contribution in [2.24, 2.45) is 5.92 Å². The van der Waals surface area contributed by atoms with Crippen molar-refractivity contribution in [1.82, 2.24) is 4.31 Å². The summed E-state index contributed by atoms with van der Waals surface area (Å²) in [7, 11) is -3.84. The normalized spacial score (nSPS) is 25.1. The van der Waals surface area contributed by atoms with Crippen LogP contribution in [0.3, 0.4) is 0 Å². The van der Waals surface area contributed by atoms with Crippen LogP contribution in [0.2, 0.25) is 0 Å². The molecule has 1 heterocycles. The van der Waals surface area contributed by atoms with E-state index in [1.165, 1.54) is 12.1 Å². The summed E-state index contributed by atoms with van der Waals surface area (Å²) in [4.78, 5) is 0.0604. The summed E-state index contributed by atoms with van der Waals surface area (Å²) in [6.45, 7) is 1.43. The smallest absolute Gasteiger partial charge is 0.243 e. The molecule has 1 fully saturated rings. The van der Waals surface area contributed by atoms with Gasteiger partial charge in [0.15, 0.2) is 0 Å². The quantitative estimate of drug-likeness (QED) is 0.923. The number of aliphatic hydroxyl groups excluding tert-OH is 1. The monoisotopic (exact) mass is 305 g/mol. The van der Waals surface area contributed by atoms with E-state index in [1.807, 2.05) is 6.92 Å². The Morgan fingerprint density at radius 2 is 1.85 bits per heavy atom. The van der Waals surface area contributed by atoms with Gasteiger partial charge in [0.05, 0.1) is 11.0 Å². The highest BCUT2D eigenvalue weighted by atomic mass is 32.2. The molecule has 1 saturated heterocycles. The second-order valence-corrected chi connectivity index (χ2v) is 7.06. The maximum absolute atomic E-state index is 12.8. The zero-order valence-corrected chi connectivity index (χ0v) is 11.9. The number of hydrogen-bond donors (Lipinski definition) is 1. The molecule has 0 bridgehead atoms. The van der Waals surface area contributed by atoms with Crippen molar-refractivity contribution in [3.63, 3.8) is 0 Å². The molecule has 2 rings (SSSR count). The van der Waals surface area contributed by atoms with Crippen LogP contribution in [-0.2, 0) is 10.0 Å². The molecule has 112 valence electrons. The van der Waals surface area contributed by atoms with Crippen molar-refractivity contribution in [3.8, 4) is 0 Å². The van der Waals surface area contributed by atoms with Gasteiger partial charge in [-0.1, -0.05) is 17.7 Å². The van der Waals surface area contributed by atoms with E-state index in [0.29, 0.717) is 0 Å². The van der Waals surface area contributed by atoms with E-state index in [4.69, 9.17) is 0 Å². The summed E-state index contributed by atoms with van der Waals surface area (Å²) in [6.07, 6.45) is -3.76. The van der Waals surface area contributed by atoms with Crippen molar-refractivity contribution in [3.05, 3.63) is 29.8 Å². The third kappa shape index (κ3) is 3.16. The Labute approximate surface area is 117 Å². The Morgan fingerprint density at radius 3 is 2.40 bits per heavy atom. The van der Waals surface area contributed by atoms with Crippen LogP contribution in [0.1, 0.15) is 12.0 Å². The van der Waals surface area contributed by atoms with E-state index >= 15 is 0 Å². The lowest BCUT2D eigenvalue weighted by atomic mass is 9.98. The first-order valence-corrected chi connectivity index (χ1v) is 7.77. The number of benzene rings is 1. The Morgan fingerprint density at radius 1 is 1.25 bits per heavy atom. The molecule has 1 aliphatic heterocycles. The fourth-order valence-corrected chi connectivity index (χ4v) is 3.84. The van der Waals surface area contributed by atoms with Gasteiger partial charge in [-0.2, -0.15) is 4.31 Å². The molecule has 0 unspecified atom stereocenters. The van der Waals surface area contributed by atoms with E-state index in [9.17, 15) is 22.3 Å². The SMILES string of the molecule is Cc1ccc(S(=O)(=O)N2C[C@@H](O)C[C@@H](C(F)F)C2)cc1. The van der Waals surface area contributed by atoms with Crippen LogP contribution in [0.5, 0.6) is 0 Å². The number of nitrogens with zero attached hydrogens (tertiary/aromatic N) is 1. The number of rotatable bonds is 3. The number of β-amino-alcohol motifs (C(OH)–C–C–N with tert-alkyl or cyclic N) is 1. The molecule has 0 saturated carbocycles. The van der Waals surface area contributed by atoms with Crippen LogP contribution in [0.4, 0.5) is 8.78 Å². The zero-order chi connectivity index (χ0) is 14.9. The van der Waals surface area contributed by atoms with E-state index in [-0.39, 0.29) is 24.4 Å². The number of aliphatic hydroxyl groups is 1. The molecule has 20 heavy (non-hydrogen) atoms. The minimum atomic E-state index is -3.84.